The van der Waals surface area contributed by atoms with Crippen LogP contribution in [0.4, 0.5) is 26.3 Å². The van der Waals surface area contributed by atoms with E-state index in [1.54, 1.807) is 0 Å². The monoisotopic (exact) mass is 996 g/mol. The standard InChI is InChI=1S/C51H67F6N2O9P/c1-30(60)40-24-13-31(27-42(40)47(62)63)49(50(52,53)54,51(55,56)57)32-14-25-41(43(28-32)48(64)65)46(61)59-34-17-21-36(22-18-34)68-44-29-37(67-35-19-15-33(58-2)16-20-35)23-26-45(44)69(66,38-9-5-3-6-10-38)39-11-7-4-8-12-39/h3-12,31-37,40-45,58H,13-29H2,1-2H3,(H,59,61)(H,62,63)(H,64,65). The fourth-order valence-electron chi connectivity index (χ4n) is 13.2. The second-order valence-corrected chi connectivity index (χ2v) is 23.5. The molecule has 0 aromatic heterocycles. The fourth-order valence-corrected chi connectivity index (χ4v) is 16.7. The summed E-state index contributed by atoms with van der Waals surface area (Å²) < 4.78 is 121. The lowest BCUT2D eigenvalue weighted by Gasteiger charge is -2.52. The average Bonchev–Trinajstić information content (AvgIpc) is 3.32. The van der Waals surface area contributed by atoms with Crippen LogP contribution in [-0.2, 0) is 33.2 Å². The van der Waals surface area contributed by atoms with Gasteiger partial charge in [0, 0.05) is 40.7 Å². The Labute approximate surface area is 400 Å². The first-order valence-corrected chi connectivity index (χ1v) is 26.6. The van der Waals surface area contributed by atoms with Gasteiger partial charge in [0.25, 0.3) is 0 Å². The van der Waals surface area contributed by atoms with E-state index < -0.39 is 135 Å². The zero-order valence-corrected chi connectivity index (χ0v) is 40.2. The Morgan fingerprint density at radius 3 is 1.48 bits per heavy atom. The van der Waals surface area contributed by atoms with E-state index in [1.807, 2.05) is 67.7 Å². The summed E-state index contributed by atoms with van der Waals surface area (Å²) in [5.41, 5.74) is -4.82. The molecule has 2 aromatic carbocycles. The van der Waals surface area contributed by atoms with Crippen LogP contribution >= 0.6 is 7.14 Å². The molecule has 4 N–H and O–H groups in total. The molecule has 0 bridgehead atoms. The molecule has 5 aliphatic rings. The van der Waals surface area contributed by atoms with E-state index in [2.05, 4.69) is 10.6 Å². The summed E-state index contributed by atoms with van der Waals surface area (Å²) in [7, 11) is -1.30. The number of carboxylic acid groups (broad SMARTS) is 2. The van der Waals surface area contributed by atoms with Gasteiger partial charge in [-0.25, -0.2) is 0 Å². The number of Topliss-reactive ketones (excluding diaryl/α,β-unsaturated/α-hetero) is 1. The van der Waals surface area contributed by atoms with Crippen LogP contribution < -0.4 is 21.2 Å². The number of ether oxygens (including phenoxy) is 2. The Kier molecular flexibility index (Phi) is 16.8. The van der Waals surface area contributed by atoms with Crippen molar-refractivity contribution < 1.29 is 69.8 Å². The Bertz CT molecular complexity index is 2070. The minimum atomic E-state index is -5.96. The number of hydrogen-bond donors (Lipinski definition) is 4. The number of carbonyl (C=O) groups excluding carboxylic acids is 2. The van der Waals surface area contributed by atoms with Gasteiger partial charge in [0.05, 0.1) is 42.2 Å². The Morgan fingerprint density at radius 2 is 1.01 bits per heavy atom. The number of ketones is 1. The van der Waals surface area contributed by atoms with Gasteiger partial charge in [-0.3, -0.25) is 19.2 Å². The number of hydrogen-bond acceptors (Lipinski definition) is 8. The maximum absolute atomic E-state index is 15.8. The van der Waals surface area contributed by atoms with Gasteiger partial charge in [-0.1, -0.05) is 60.7 Å². The number of carboxylic acids is 2. The van der Waals surface area contributed by atoms with Crippen LogP contribution in [0, 0.1) is 40.9 Å². The van der Waals surface area contributed by atoms with Gasteiger partial charge in [-0.05, 0) is 129 Å². The van der Waals surface area contributed by atoms with Crippen molar-refractivity contribution in [3.05, 3.63) is 60.7 Å². The summed E-state index contributed by atoms with van der Waals surface area (Å²) in [6.07, 6.45) is -9.78. The minimum absolute atomic E-state index is 0.101. The SMILES string of the molecule is CNC1CCC(OC2CCC(P(=O)(c3ccccc3)c3ccccc3)C(OC3CCC(NC(=O)C4CCC(C(C5CCC(C(C)=O)C(C(=O)O)C5)(C(F)(F)F)C(F)(F)F)CC4C(=O)O)CC3)C2)CC1. The minimum Gasteiger partial charge on any atom is -0.481 e. The number of aliphatic carboxylic acids is 2. The Balaban J connectivity index is 1.04. The van der Waals surface area contributed by atoms with E-state index in [4.69, 9.17) is 9.47 Å². The highest BCUT2D eigenvalue weighted by Crippen LogP contribution is 2.66. The van der Waals surface area contributed by atoms with E-state index >= 15 is 30.9 Å². The molecule has 0 spiro atoms. The van der Waals surface area contributed by atoms with E-state index in [-0.39, 0.29) is 24.0 Å². The number of alkyl halides is 6. The van der Waals surface area contributed by atoms with Crippen LogP contribution in [0.3, 0.4) is 0 Å². The third-order valence-corrected chi connectivity index (χ3v) is 20.4. The number of rotatable bonds is 15. The van der Waals surface area contributed by atoms with Crippen molar-refractivity contribution in [1.29, 1.82) is 0 Å². The summed E-state index contributed by atoms with van der Waals surface area (Å²) in [6.45, 7) is 1.05. The summed E-state index contributed by atoms with van der Waals surface area (Å²) in [5.74, 6) is -15.7. The van der Waals surface area contributed by atoms with Gasteiger partial charge in [-0.15, -0.1) is 0 Å². The molecule has 7 rings (SSSR count). The highest BCUT2D eigenvalue weighted by molar-refractivity contribution is 7.79. The van der Waals surface area contributed by atoms with Crippen molar-refractivity contribution >= 4 is 41.4 Å². The quantitative estimate of drug-likeness (QED) is 0.0998. The predicted molar refractivity (Wildman–Crippen MR) is 246 cm³/mol. The molecule has 0 heterocycles. The molecular formula is C51H67F6N2O9P. The molecule has 0 radical (unpaired) electrons. The number of benzene rings is 2. The van der Waals surface area contributed by atoms with Crippen LogP contribution in [0.2, 0.25) is 0 Å². The number of amides is 1. The molecule has 9 atom stereocenters. The molecule has 0 saturated heterocycles. The van der Waals surface area contributed by atoms with Crippen molar-refractivity contribution in [3.63, 3.8) is 0 Å². The molecule has 5 aliphatic carbocycles. The van der Waals surface area contributed by atoms with Gasteiger partial charge < -0.3 is 34.9 Å². The molecule has 0 aliphatic heterocycles. The first-order valence-electron chi connectivity index (χ1n) is 24.8. The highest BCUT2D eigenvalue weighted by atomic mass is 31.2. The summed E-state index contributed by atoms with van der Waals surface area (Å²) in [4.78, 5) is 51.0. The molecule has 9 unspecified atom stereocenters. The number of nitrogens with one attached hydrogen (secondary N) is 2. The largest absolute Gasteiger partial charge is 0.481 e. The Morgan fingerprint density at radius 1 is 0.565 bits per heavy atom. The van der Waals surface area contributed by atoms with Crippen LogP contribution in [0.25, 0.3) is 0 Å². The van der Waals surface area contributed by atoms with Crippen molar-refractivity contribution in [2.45, 2.75) is 171 Å². The topological polar surface area (TPSA) is 168 Å². The normalized spacial score (nSPS) is 33.0. The molecular weight excluding hydrogens is 930 g/mol. The third kappa shape index (κ3) is 11.2. The van der Waals surface area contributed by atoms with E-state index in [0.717, 1.165) is 49.6 Å². The van der Waals surface area contributed by atoms with Crippen molar-refractivity contribution in [2.24, 2.45) is 40.9 Å². The molecule has 382 valence electrons. The lowest BCUT2D eigenvalue weighted by molar-refractivity contribution is -0.383. The van der Waals surface area contributed by atoms with E-state index in [0.29, 0.717) is 44.6 Å². The highest BCUT2D eigenvalue weighted by Gasteiger charge is 2.77. The van der Waals surface area contributed by atoms with E-state index in [9.17, 15) is 29.4 Å². The molecule has 5 saturated carbocycles. The fraction of sp³-hybridized carbons (Fsp3) is 0.686. The lowest BCUT2D eigenvalue weighted by atomic mass is 9.53. The summed E-state index contributed by atoms with van der Waals surface area (Å²) >= 11 is 0. The third-order valence-electron chi connectivity index (χ3n) is 16.7. The van der Waals surface area contributed by atoms with Crippen molar-refractivity contribution in [3.8, 4) is 0 Å². The van der Waals surface area contributed by atoms with Crippen LogP contribution in [0.5, 0.6) is 0 Å². The van der Waals surface area contributed by atoms with Crippen molar-refractivity contribution in [2.75, 3.05) is 7.05 Å². The average molecular weight is 997 g/mol. The maximum Gasteiger partial charge on any atom is 0.403 e. The smallest absolute Gasteiger partial charge is 0.403 e. The maximum atomic E-state index is 15.8. The molecule has 1 amide bonds. The van der Waals surface area contributed by atoms with Gasteiger partial charge in [0.15, 0.2) is 5.41 Å². The van der Waals surface area contributed by atoms with Gasteiger partial charge >= 0.3 is 24.3 Å². The lowest BCUT2D eigenvalue weighted by Crippen LogP contribution is -2.62. The van der Waals surface area contributed by atoms with Crippen LogP contribution in [0.1, 0.15) is 116 Å². The van der Waals surface area contributed by atoms with Gasteiger partial charge in [0.1, 0.15) is 12.9 Å². The first kappa shape index (κ1) is 53.0. The van der Waals surface area contributed by atoms with Crippen LogP contribution in [0.15, 0.2) is 60.7 Å². The van der Waals surface area contributed by atoms with Gasteiger partial charge in [0.2, 0.25) is 5.91 Å². The zero-order valence-electron chi connectivity index (χ0n) is 39.3. The number of halogens is 6. The predicted octanol–water partition coefficient (Wildman–Crippen LogP) is 9.22. The van der Waals surface area contributed by atoms with Gasteiger partial charge in [-0.2, -0.15) is 26.3 Å². The molecule has 11 nitrogen and oxygen atoms in total. The summed E-state index contributed by atoms with van der Waals surface area (Å²) in [5, 5.41) is 27.9. The van der Waals surface area contributed by atoms with Crippen molar-refractivity contribution in [1.82, 2.24) is 10.6 Å². The second-order valence-electron chi connectivity index (χ2n) is 20.5. The molecule has 69 heavy (non-hydrogen) atoms. The number of carbonyl (C=O) groups is 4. The first-order chi connectivity index (χ1) is 32.7. The zero-order chi connectivity index (χ0) is 49.9. The Hall–Kier alpha value is -3.79. The molecule has 2 aromatic rings. The van der Waals surface area contributed by atoms with E-state index in [1.165, 1.54) is 0 Å². The van der Waals surface area contributed by atoms with Crippen LogP contribution in [-0.4, -0.2) is 95.4 Å². The second kappa shape index (κ2) is 21.9. The molecule has 5 fully saturated rings. The molecule has 18 heteroatoms. The summed E-state index contributed by atoms with van der Waals surface area (Å²) in [6, 6.07) is 18.9.